The minimum absolute atomic E-state index is 0.00649. The number of allylic oxidation sites excluding steroid dienone is 3. The van der Waals surface area contributed by atoms with Crippen LogP contribution >= 0.6 is 0 Å². The van der Waals surface area contributed by atoms with Crippen molar-refractivity contribution in [1.29, 1.82) is 0 Å². The van der Waals surface area contributed by atoms with E-state index in [0.717, 1.165) is 32.1 Å². The summed E-state index contributed by atoms with van der Waals surface area (Å²) in [4.78, 5) is 25.6. The Morgan fingerprint density at radius 2 is 1.93 bits per heavy atom. The number of nitrogens with zero attached hydrogens (tertiary/aromatic N) is 1. The van der Waals surface area contributed by atoms with Crippen LogP contribution in [0.5, 0.6) is 0 Å². The molecule has 0 aliphatic heterocycles. The van der Waals surface area contributed by atoms with Gasteiger partial charge in [0.25, 0.3) is 0 Å². The number of ketones is 1. The summed E-state index contributed by atoms with van der Waals surface area (Å²) >= 11 is 0. The number of aliphatic hydroxyl groups excluding tert-OH is 1. The zero-order chi connectivity index (χ0) is 20.1. The maximum atomic E-state index is 12.3. The maximum absolute atomic E-state index is 12.3. The van der Waals surface area contributed by atoms with E-state index in [1.807, 2.05) is 36.4 Å². The summed E-state index contributed by atoms with van der Waals surface area (Å²) in [6.07, 6.45) is 10.9. The Bertz CT molecular complexity index is 750. The molecule has 1 fully saturated rings. The van der Waals surface area contributed by atoms with E-state index in [2.05, 4.69) is 6.08 Å². The summed E-state index contributed by atoms with van der Waals surface area (Å²) in [7, 11) is 3.59. The highest BCUT2D eigenvalue weighted by Crippen LogP contribution is 2.48. The first-order chi connectivity index (χ1) is 13.5. The van der Waals surface area contributed by atoms with E-state index in [4.69, 9.17) is 0 Å². The molecule has 4 nitrogen and oxygen atoms in total. The van der Waals surface area contributed by atoms with Gasteiger partial charge in [-0.3, -0.25) is 9.59 Å². The van der Waals surface area contributed by atoms with E-state index in [0.29, 0.717) is 23.8 Å². The van der Waals surface area contributed by atoms with Gasteiger partial charge in [-0.2, -0.15) is 0 Å². The molecule has 4 atom stereocenters. The van der Waals surface area contributed by atoms with Gasteiger partial charge in [0.15, 0.2) is 5.78 Å². The van der Waals surface area contributed by atoms with Gasteiger partial charge >= 0.3 is 0 Å². The Morgan fingerprint density at radius 1 is 1.18 bits per heavy atom. The number of unbranched alkanes of at least 4 members (excludes halogenated alkanes) is 1. The topological polar surface area (TPSA) is 57.6 Å². The largest absolute Gasteiger partial charge is 0.392 e. The number of hydrogen-bond donors (Lipinski definition) is 1. The Balaban J connectivity index is 1.50. The van der Waals surface area contributed by atoms with Crippen molar-refractivity contribution in [2.75, 3.05) is 14.1 Å². The normalized spacial score (nSPS) is 26.3. The molecule has 4 heteroatoms. The van der Waals surface area contributed by atoms with Crippen LogP contribution in [0.2, 0.25) is 0 Å². The number of fused-ring (bicyclic) bond motifs is 1. The van der Waals surface area contributed by atoms with E-state index in [1.165, 1.54) is 5.57 Å². The molecule has 0 heterocycles. The van der Waals surface area contributed by atoms with Gasteiger partial charge in [-0.15, -0.1) is 0 Å². The first-order valence-corrected chi connectivity index (χ1v) is 10.3. The first kappa shape index (κ1) is 20.5. The molecule has 1 amide bonds. The Kier molecular flexibility index (Phi) is 6.84. The van der Waals surface area contributed by atoms with Crippen molar-refractivity contribution in [2.24, 2.45) is 17.8 Å². The highest BCUT2D eigenvalue weighted by molar-refractivity contribution is 6.04. The molecule has 1 N–H and O–H groups in total. The van der Waals surface area contributed by atoms with Crippen molar-refractivity contribution in [3.8, 4) is 0 Å². The maximum Gasteiger partial charge on any atom is 0.222 e. The fourth-order valence-electron chi connectivity index (χ4n) is 4.54. The molecule has 0 unspecified atom stereocenters. The minimum Gasteiger partial charge on any atom is -0.392 e. The molecule has 0 radical (unpaired) electrons. The van der Waals surface area contributed by atoms with E-state index in [-0.39, 0.29) is 23.7 Å². The molecular weight excluding hydrogens is 350 g/mol. The summed E-state index contributed by atoms with van der Waals surface area (Å²) in [6, 6.07) is 9.25. The fourth-order valence-corrected chi connectivity index (χ4v) is 4.54. The van der Waals surface area contributed by atoms with Gasteiger partial charge in [0.1, 0.15) is 0 Å². The molecule has 1 aromatic rings. The van der Waals surface area contributed by atoms with Crippen molar-refractivity contribution in [2.45, 2.75) is 44.6 Å². The zero-order valence-electron chi connectivity index (χ0n) is 16.9. The molecule has 28 heavy (non-hydrogen) atoms. The van der Waals surface area contributed by atoms with Gasteiger partial charge in [-0.25, -0.2) is 0 Å². The van der Waals surface area contributed by atoms with Crippen molar-refractivity contribution >= 4 is 11.7 Å². The highest BCUT2D eigenvalue weighted by Gasteiger charge is 2.43. The van der Waals surface area contributed by atoms with Crippen LogP contribution in [0.1, 0.15) is 48.9 Å². The lowest BCUT2D eigenvalue weighted by molar-refractivity contribution is -0.128. The van der Waals surface area contributed by atoms with Crippen LogP contribution < -0.4 is 0 Å². The molecule has 3 rings (SSSR count). The lowest BCUT2D eigenvalue weighted by Crippen LogP contribution is -2.21. The van der Waals surface area contributed by atoms with Crippen molar-refractivity contribution in [3.05, 3.63) is 59.7 Å². The van der Waals surface area contributed by atoms with Crippen molar-refractivity contribution < 1.29 is 14.7 Å². The molecule has 0 bridgehead atoms. The summed E-state index contributed by atoms with van der Waals surface area (Å²) in [6.45, 7) is 0. The monoisotopic (exact) mass is 381 g/mol. The predicted molar refractivity (Wildman–Crippen MR) is 111 cm³/mol. The summed E-state index contributed by atoms with van der Waals surface area (Å²) < 4.78 is 0. The molecule has 1 saturated carbocycles. The van der Waals surface area contributed by atoms with Crippen LogP contribution in [-0.4, -0.2) is 41.9 Å². The number of carbonyl (C=O) groups is 2. The third-order valence-corrected chi connectivity index (χ3v) is 6.12. The van der Waals surface area contributed by atoms with Gasteiger partial charge in [0.2, 0.25) is 5.91 Å². The fraction of sp³-hybridized carbons (Fsp3) is 0.500. The number of rotatable bonds is 8. The quantitative estimate of drug-likeness (QED) is 0.320. The molecule has 0 saturated heterocycles. The number of carbonyl (C=O) groups excluding carboxylic acids is 2. The molecule has 1 aromatic carbocycles. The summed E-state index contributed by atoms with van der Waals surface area (Å²) in [5, 5.41) is 10.5. The van der Waals surface area contributed by atoms with Crippen LogP contribution in [0.25, 0.3) is 0 Å². The second-order valence-electron chi connectivity index (χ2n) is 8.32. The third-order valence-electron chi connectivity index (χ3n) is 6.12. The van der Waals surface area contributed by atoms with Crippen LogP contribution in [-0.2, 0) is 4.79 Å². The lowest BCUT2D eigenvalue weighted by Gasteiger charge is -2.18. The Hall–Kier alpha value is -2.20. The second-order valence-corrected chi connectivity index (χ2v) is 8.32. The van der Waals surface area contributed by atoms with Gasteiger partial charge < -0.3 is 10.0 Å². The highest BCUT2D eigenvalue weighted by atomic mass is 16.3. The number of aliphatic hydroxyl groups is 1. The van der Waals surface area contributed by atoms with Crippen LogP contribution in [0.4, 0.5) is 0 Å². The van der Waals surface area contributed by atoms with Crippen molar-refractivity contribution in [1.82, 2.24) is 4.90 Å². The minimum atomic E-state index is -0.370. The zero-order valence-corrected chi connectivity index (χ0v) is 16.9. The van der Waals surface area contributed by atoms with E-state index in [9.17, 15) is 14.7 Å². The molecule has 150 valence electrons. The third kappa shape index (κ3) is 4.99. The SMILES string of the molecule is CN(C)C(=O)CCCCC1=C[C@H]2C[C@@H](O)[C@H](C=CC(=O)c3ccccc3)[C@H]2C1. The average Bonchev–Trinajstić information content (AvgIpc) is 3.20. The second kappa shape index (κ2) is 9.33. The predicted octanol–water partition coefficient (Wildman–Crippen LogP) is 4.02. The molecule has 0 aromatic heterocycles. The standard InChI is InChI=1S/C24H31NO3/c1-25(2)24(28)11-7-6-8-17-14-19-16-23(27)20(21(19)15-17)12-13-22(26)18-9-4-3-5-10-18/h3-5,9-10,12-14,19-21,23,27H,6-8,11,15-16H2,1-2H3/t19-,20+,21-,23+/m0/s1. The average molecular weight is 382 g/mol. The Labute approximate surface area is 167 Å². The van der Waals surface area contributed by atoms with E-state index < -0.39 is 0 Å². The lowest BCUT2D eigenvalue weighted by atomic mass is 9.88. The van der Waals surface area contributed by atoms with Gasteiger partial charge in [-0.1, -0.05) is 48.1 Å². The Morgan fingerprint density at radius 3 is 2.64 bits per heavy atom. The molecule has 2 aliphatic rings. The van der Waals surface area contributed by atoms with Crippen LogP contribution in [0.3, 0.4) is 0 Å². The van der Waals surface area contributed by atoms with E-state index >= 15 is 0 Å². The molecule has 0 spiro atoms. The smallest absolute Gasteiger partial charge is 0.222 e. The summed E-state index contributed by atoms with van der Waals surface area (Å²) in [5.74, 6) is 1.03. The van der Waals surface area contributed by atoms with Gasteiger partial charge in [0, 0.05) is 32.0 Å². The molecular formula is C24H31NO3. The van der Waals surface area contributed by atoms with Crippen molar-refractivity contribution in [3.63, 3.8) is 0 Å². The molecule has 2 aliphatic carbocycles. The van der Waals surface area contributed by atoms with Gasteiger partial charge in [0.05, 0.1) is 6.10 Å². The number of benzene rings is 1. The van der Waals surface area contributed by atoms with Crippen LogP contribution in [0.15, 0.2) is 54.1 Å². The van der Waals surface area contributed by atoms with Gasteiger partial charge in [-0.05, 0) is 50.0 Å². The number of amides is 1. The first-order valence-electron chi connectivity index (χ1n) is 10.3. The van der Waals surface area contributed by atoms with Crippen LogP contribution in [0, 0.1) is 17.8 Å². The summed E-state index contributed by atoms with van der Waals surface area (Å²) in [5.41, 5.74) is 2.13. The van der Waals surface area contributed by atoms with E-state index in [1.54, 1.807) is 25.1 Å². The number of hydrogen-bond acceptors (Lipinski definition) is 3.